The Labute approximate surface area is 87.2 Å². The number of anilines is 1. The molecule has 0 radical (unpaired) electrons. The summed E-state index contributed by atoms with van der Waals surface area (Å²) < 4.78 is 0. The van der Waals surface area contributed by atoms with Gasteiger partial charge in [-0.1, -0.05) is 17.7 Å². The van der Waals surface area contributed by atoms with Gasteiger partial charge < -0.3 is 5.32 Å². The van der Waals surface area contributed by atoms with Gasteiger partial charge in [0.25, 0.3) is 0 Å². The number of hydrogen-bond acceptors (Lipinski definition) is 2. The highest BCUT2D eigenvalue weighted by molar-refractivity contribution is 6.31. The third-order valence-electron chi connectivity index (χ3n) is 1.62. The molecule has 1 aromatic rings. The van der Waals surface area contributed by atoms with Crippen molar-refractivity contribution in [3.63, 3.8) is 0 Å². The number of carbonyl (C=O) groups excluding carboxylic acids is 1. The average Bonchev–Trinajstić information content (AvgIpc) is 2.12. The summed E-state index contributed by atoms with van der Waals surface area (Å²) in [6.45, 7) is 1.89. The molecule has 0 bridgehead atoms. The molecule has 2 amide bonds. The van der Waals surface area contributed by atoms with Crippen molar-refractivity contribution in [3.05, 3.63) is 28.8 Å². The molecule has 0 spiro atoms. The predicted octanol–water partition coefficient (Wildman–Crippen LogP) is 2.33. The first-order valence-corrected chi connectivity index (χ1v) is 4.37. The molecule has 0 unspecified atom stereocenters. The molecule has 0 fully saturated rings. The summed E-state index contributed by atoms with van der Waals surface area (Å²) in [5.41, 5.74) is 3.72. The van der Waals surface area contributed by atoms with E-state index >= 15 is 0 Å². The van der Waals surface area contributed by atoms with Gasteiger partial charge in [-0.15, -0.1) is 0 Å². The van der Waals surface area contributed by atoms with Crippen LogP contribution in [0.15, 0.2) is 18.2 Å². The van der Waals surface area contributed by atoms with E-state index in [9.17, 15) is 4.79 Å². The van der Waals surface area contributed by atoms with Gasteiger partial charge in [-0.05, 0) is 24.6 Å². The lowest BCUT2D eigenvalue weighted by Crippen LogP contribution is -2.27. The van der Waals surface area contributed by atoms with Crippen LogP contribution in [-0.4, -0.2) is 13.1 Å². The summed E-state index contributed by atoms with van der Waals surface area (Å²) in [6.07, 6.45) is 0. The molecule has 0 heterocycles. The summed E-state index contributed by atoms with van der Waals surface area (Å²) in [6, 6.07) is 4.82. The number of carbonyl (C=O) groups is 1. The molecular weight excluding hydrogens is 204 g/mol. The molecule has 76 valence electrons. The van der Waals surface area contributed by atoms with Gasteiger partial charge in [0.15, 0.2) is 0 Å². The fourth-order valence-electron chi connectivity index (χ4n) is 0.920. The Hall–Kier alpha value is -1.26. The number of aryl methyl sites for hydroxylation is 1. The molecule has 1 aromatic carbocycles. The lowest BCUT2D eigenvalue weighted by molar-refractivity contribution is 0.114. The molecule has 2 N–H and O–H groups in total. The number of nitrogens with one attached hydrogen (secondary N) is 2. The first-order valence-electron chi connectivity index (χ1n) is 3.99. The smallest absolute Gasteiger partial charge is 0.306 e. The second-order valence-corrected chi connectivity index (χ2v) is 3.13. The van der Waals surface area contributed by atoms with Crippen LogP contribution in [0.4, 0.5) is 10.5 Å². The molecule has 14 heavy (non-hydrogen) atoms. The van der Waals surface area contributed by atoms with Crippen molar-refractivity contribution in [2.75, 3.05) is 12.4 Å². The zero-order chi connectivity index (χ0) is 10.6. The zero-order valence-electron chi connectivity index (χ0n) is 7.93. The third-order valence-corrected chi connectivity index (χ3v) is 2.03. The first-order chi connectivity index (χ1) is 6.63. The van der Waals surface area contributed by atoms with Crippen LogP contribution in [0.3, 0.4) is 0 Å². The van der Waals surface area contributed by atoms with Gasteiger partial charge in [-0.2, -0.15) is 0 Å². The van der Waals surface area contributed by atoms with Crippen LogP contribution in [0.2, 0.25) is 5.02 Å². The van der Waals surface area contributed by atoms with Crippen molar-refractivity contribution in [2.24, 2.45) is 0 Å². The second-order valence-electron chi connectivity index (χ2n) is 2.72. The minimum Gasteiger partial charge on any atom is -0.306 e. The van der Waals surface area contributed by atoms with E-state index < -0.39 is 6.03 Å². The average molecular weight is 215 g/mol. The van der Waals surface area contributed by atoms with Crippen molar-refractivity contribution in [1.29, 1.82) is 0 Å². The Morgan fingerprint density at radius 1 is 1.50 bits per heavy atom. The Bertz CT molecular complexity index is 342. The van der Waals surface area contributed by atoms with E-state index in [4.69, 9.17) is 11.6 Å². The number of rotatable bonds is 2. The van der Waals surface area contributed by atoms with Gasteiger partial charge in [0, 0.05) is 10.7 Å². The maximum Gasteiger partial charge on any atom is 0.343 e. The largest absolute Gasteiger partial charge is 0.343 e. The summed E-state index contributed by atoms with van der Waals surface area (Å²) in [5, 5.41) is 3.16. The highest BCUT2D eigenvalue weighted by atomic mass is 35.5. The van der Waals surface area contributed by atoms with Gasteiger partial charge in [-0.3, -0.25) is 4.84 Å². The van der Waals surface area contributed by atoms with Gasteiger partial charge in [0.2, 0.25) is 0 Å². The SMILES string of the molecule is CONC(=O)Nc1ccc(C)c(Cl)c1. The molecule has 0 aromatic heterocycles. The van der Waals surface area contributed by atoms with Crippen LogP contribution >= 0.6 is 11.6 Å². The minimum absolute atomic E-state index is 0.438. The number of halogens is 1. The molecule has 4 nitrogen and oxygen atoms in total. The quantitative estimate of drug-likeness (QED) is 0.743. The minimum atomic E-state index is -0.438. The van der Waals surface area contributed by atoms with Crippen molar-refractivity contribution in [2.45, 2.75) is 6.92 Å². The first kappa shape index (κ1) is 10.8. The Balaban J connectivity index is 2.68. The van der Waals surface area contributed by atoms with Crippen LogP contribution in [0, 0.1) is 6.92 Å². The van der Waals surface area contributed by atoms with E-state index in [1.807, 2.05) is 13.0 Å². The number of amides is 2. The zero-order valence-corrected chi connectivity index (χ0v) is 8.68. The molecule has 0 saturated heterocycles. The van der Waals surface area contributed by atoms with Gasteiger partial charge >= 0.3 is 6.03 Å². The Morgan fingerprint density at radius 3 is 2.79 bits per heavy atom. The standard InChI is InChI=1S/C9H11ClN2O2/c1-6-3-4-7(5-8(6)10)11-9(13)12-14-2/h3-5H,1-2H3,(H2,11,12,13). The molecule has 5 heteroatoms. The molecule has 0 aliphatic rings. The van der Waals surface area contributed by atoms with Crippen molar-refractivity contribution < 1.29 is 9.63 Å². The maximum atomic E-state index is 11.0. The van der Waals surface area contributed by atoms with Gasteiger partial charge in [0.05, 0.1) is 7.11 Å². The summed E-state index contributed by atoms with van der Waals surface area (Å²) in [5.74, 6) is 0. The molecule has 0 aliphatic heterocycles. The van der Waals surface area contributed by atoms with Crippen LogP contribution in [0.5, 0.6) is 0 Å². The summed E-state index contributed by atoms with van der Waals surface area (Å²) in [7, 11) is 1.36. The predicted molar refractivity (Wildman–Crippen MR) is 55.4 cm³/mol. The van der Waals surface area contributed by atoms with Gasteiger partial charge in [0.1, 0.15) is 0 Å². The normalized spacial score (nSPS) is 9.64. The van der Waals surface area contributed by atoms with Gasteiger partial charge in [-0.25, -0.2) is 10.3 Å². The lowest BCUT2D eigenvalue weighted by atomic mass is 10.2. The van der Waals surface area contributed by atoms with Crippen LogP contribution in [0.25, 0.3) is 0 Å². The maximum absolute atomic E-state index is 11.0. The van der Waals surface area contributed by atoms with Crippen LogP contribution in [0.1, 0.15) is 5.56 Å². The van der Waals surface area contributed by atoms with Crippen LogP contribution < -0.4 is 10.8 Å². The number of urea groups is 1. The number of hydrogen-bond donors (Lipinski definition) is 2. The molecule has 0 aliphatic carbocycles. The van der Waals surface area contributed by atoms with Crippen molar-refractivity contribution in [1.82, 2.24) is 5.48 Å². The van der Waals surface area contributed by atoms with Crippen molar-refractivity contribution >= 4 is 23.3 Å². The number of benzene rings is 1. The summed E-state index contributed by atoms with van der Waals surface area (Å²) >= 11 is 5.87. The van der Waals surface area contributed by atoms with Crippen LogP contribution in [-0.2, 0) is 4.84 Å². The topological polar surface area (TPSA) is 50.4 Å². The highest BCUT2D eigenvalue weighted by Crippen LogP contribution is 2.19. The Morgan fingerprint density at radius 2 is 2.21 bits per heavy atom. The van der Waals surface area contributed by atoms with E-state index in [1.165, 1.54) is 7.11 Å². The fourth-order valence-corrected chi connectivity index (χ4v) is 1.10. The number of hydroxylamine groups is 1. The van der Waals surface area contributed by atoms with E-state index in [1.54, 1.807) is 12.1 Å². The highest BCUT2D eigenvalue weighted by Gasteiger charge is 2.01. The van der Waals surface area contributed by atoms with E-state index in [0.29, 0.717) is 10.7 Å². The third kappa shape index (κ3) is 2.90. The van der Waals surface area contributed by atoms with E-state index in [0.717, 1.165) is 5.56 Å². The molecule has 0 atom stereocenters. The molecular formula is C9H11ClN2O2. The summed E-state index contributed by atoms with van der Waals surface area (Å²) in [4.78, 5) is 15.5. The van der Waals surface area contributed by atoms with E-state index in [2.05, 4.69) is 15.6 Å². The fraction of sp³-hybridized carbons (Fsp3) is 0.222. The lowest BCUT2D eigenvalue weighted by Gasteiger charge is -2.06. The van der Waals surface area contributed by atoms with E-state index in [-0.39, 0.29) is 0 Å². The second kappa shape index (κ2) is 4.83. The Kier molecular flexibility index (Phi) is 3.73. The monoisotopic (exact) mass is 214 g/mol. The van der Waals surface area contributed by atoms with Crippen molar-refractivity contribution in [3.8, 4) is 0 Å². The molecule has 1 rings (SSSR count). The molecule has 0 saturated carbocycles.